The van der Waals surface area contributed by atoms with E-state index in [-0.39, 0.29) is 29.7 Å². The van der Waals surface area contributed by atoms with Crippen molar-refractivity contribution in [2.75, 3.05) is 6.54 Å². The van der Waals surface area contributed by atoms with Crippen LogP contribution in [0.25, 0.3) is 0 Å². The average Bonchev–Trinajstić information content (AvgIpc) is 2.36. The summed E-state index contributed by atoms with van der Waals surface area (Å²) in [6.45, 7) is 4.05. The molecule has 0 spiro atoms. The Hall–Kier alpha value is -1.56. The second-order valence-corrected chi connectivity index (χ2v) is 5.67. The SMILES string of the molecule is CC(C)N(CCCC(=O)O)C(=O)c1cc(Br)ccc1O. The van der Waals surface area contributed by atoms with Gasteiger partial charge in [0.1, 0.15) is 5.75 Å². The summed E-state index contributed by atoms with van der Waals surface area (Å²) in [6, 6.07) is 4.59. The molecule has 0 fully saturated rings. The second kappa shape index (κ2) is 7.28. The number of aromatic hydroxyl groups is 1. The van der Waals surface area contributed by atoms with Crippen molar-refractivity contribution >= 4 is 27.8 Å². The third-order valence-electron chi connectivity index (χ3n) is 2.86. The van der Waals surface area contributed by atoms with E-state index in [1.807, 2.05) is 13.8 Å². The first-order valence-corrected chi connectivity index (χ1v) is 7.13. The monoisotopic (exact) mass is 343 g/mol. The highest BCUT2D eigenvalue weighted by Gasteiger charge is 2.21. The summed E-state index contributed by atoms with van der Waals surface area (Å²) in [6.07, 6.45) is 0.398. The Morgan fingerprint density at radius 3 is 2.55 bits per heavy atom. The molecule has 0 radical (unpaired) electrons. The molecule has 0 aliphatic carbocycles. The van der Waals surface area contributed by atoms with Crippen molar-refractivity contribution in [2.24, 2.45) is 0 Å². The van der Waals surface area contributed by atoms with Crippen LogP contribution in [-0.4, -0.2) is 39.6 Å². The Balaban J connectivity index is 2.88. The van der Waals surface area contributed by atoms with E-state index >= 15 is 0 Å². The van der Waals surface area contributed by atoms with E-state index in [9.17, 15) is 14.7 Å². The minimum absolute atomic E-state index is 0.0148. The minimum Gasteiger partial charge on any atom is -0.507 e. The summed E-state index contributed by atoms with van der Waals surface area (Å²) in [7, 11) is 0. The van der Waals surface area contributed by atoms with Crippen LogP contribution in [0.15, 0.2) is 22.7 Å². The van der Waals surface area contributed by atoms with Gasteiger partial charge in [-0.25, -0.2) is 0 Å². The predicted octanol–water partition coefficient (Wildman–Crippen LogP) is 2.87. The van der Waals surface area contributed by atoms with Gasteiger partial charge in [-0.05, 0) is 38.5 Å². The van der Waals surface area contributed by atoms with Gasteiger partial charge in [0, 0.05) is 23.5 Å². The van der Waals surface area contributed by atoms with Gasteiger partial charge in [-0.15, -0.1) is 0 Å². The van der Waals surface area contributed by atoms with Crippen LogP contribution in [0.4, 0.5) is 0 Å². The molecule has 0 saturated heterocycles. The molecule has 110 valence electrons. The van der Waals surface area contributed by atoms with Crippen LogP contribution in [0, 0.1) is 0 Å². The number of carbonyl (C=O) groups excluding carboxylic acids is 1. The predicted molar refractivity (Wildman–Crippen MR) is 78.8 cm³/mol. The minimum atomic E-state index is -0.883. The van der Waals surface area contributed by atoms with E-state index in [0.29, 0.717) is 17.4 Å². The molecule has 0 heterocycles. The molecule has 1 aromatic carbocycles. The number of amides is 1. The standard InChI is InChI=1S/C14H18BrNO4/c1-9(2)16(7-3-4-13(18)19)14(20)11-8-10(15)5-6-12(11)17/h5-6,8-9,17H,3-4,7H2,1-2H3,(H,18,19). The van der Waals surface area contributed by atoms with Crippen molar-refractivity contribution in [1.29, 1.82) is 0 Å². The van der Waals surface area contributed by atoms with Gasteiger partial charge < -0.3 is 15.1 Å². The third kappa shape index (κ3) is 4.52. The first-order chi connectivity index (χ1) is 9.32. The number of nitrogens with zero attached hydrogens (tertiary/aromatic N) is 1. The molecule has 6 heteroatoms. The number of halogens is 1. The lowest BCUT2D eigenvalue weighted by Gasteiger charge is -2.27. The fourth-order valence-corrected chi connectivity index (χ4v) is 2.19. The van der Waals surface area contributed by atoms with Gasteiger partial charge >= 0.3 is 5.97 Å². The summed E-state index contributed by atoms with van der Waals surface area (Å²) in [5, 5.41) is 18.4. The highest BCUT2D eigenvalue weighted by molar-refractivity contribution is 9.10. The molecule has 0 aliphatic rings. The highest BCUT2D eigenvalue weighted by atomic mass is 79.9. The molecule has 0 saturated carbocycles. The van der Waals surface area contributed by atoms with E-state index in [0.717, 1.165) is 0 Å². The van der Waals surface area contributed by atoms with Crippen LogP contribution >= 0.6 is 15.9 Å². The van der Waals surface area contributed by atoms with Crippen molar-refractivity contribution in [3.8, 4) is 5.75 Å². The number of phenols is 1. The van der Waals surface area contributed by atoms with Crippen LogP contribution in [0.1, 0.15) is 37.0 Å². The maximum Gasteiger partial charge on any atom is 0.303 e. The van der Waals surface area contributed by atoms with Gasteiger partial charge in [0.05, 0.1) is 5.56 Å². The van der Waals surface area contributed by atoms with Crippen LogP contribution in [0.3, 0.4) is 0 Å². The topological polar surface area (TPSA) is 77.8 Å². The number of benzene rings is 1. The lowest BCUT2D eigenvalue weighted by Crippen LogP contribution is -2.38. The van der Waals surface area contributed by atoms with E-state index in [1.165, 1.54) is 6.07 Å². The zero-order valence-electron chi connectivity index (χ0n) is 11.5. The molecule has 1 amide bonds. The van der Waals surface area contributed by atoms with Crippen LogP contribution in [0.5, 0.6) is 5.75 Å². The quantitative estimate of drug-likeness (QED) is 0.832. The molecule has 5 nitrogen and oxygen atoms in total. The number of rotatable bonds is 6. The number of carboxylic acid groups (broad SMARTS) is 1. The van der Waals surface area contributed by atoms with Gasteiger partial charge in [-0.3, -0.25) is 9.59 Å². The van der Waals surface area contributed by atoms with Crippen molar-refractivity contribution in [3.63, 3.8) is 0 Å². The van der Waals surface area contributed by atoms with Gasteiger partial charge in [0.15, 0.2) is 0 Å². The Kier molecular flexibility index (Phi) is 6.01. The molecule has 1 rings (SSSR count). The zero-order chi connectivity index (χ0) is 15.3. The number of carboxylic acids is 1. The number of aliphatic carboxylic acids is 1. The fraction of sp³-hybridized carbons (Fsp3) is 0.429. The normalized spacial score (nSPS) is 10.6. The highest BCUT2D eigenvalue weighted by Crippen LogP contribution is 2.24. The zero-order valence-corrected chi connectivity index (χ0v) is 13.1. The Labute approximate surface area is 126 Å². The molecule has 0 atom stereocenters. The smallest absolute Gasteiger partial charge is 0.303 e. The largest absolute Gasteiger partial charge is 0.507 e. The van der Waals surface area contributed by atoms with E-state index in [2.05, 4.69) is 15.9 Å². The number of carbonyl (C=O) groups is 2. The molecular weight excluding hydrogens is 326 g/mol. The Morgan fingerprint density at radius 2 is 2.00 bits per heavy atom. The second-order valence-electron chi connectivity index (χ2n) is 4.75. The average molecular weight is 344 g/mol. The van der Waals surface area contributed by atoms with Crippen molar-refractivity contribution in [3.05, 3.63) is 28.2 Å². The number of hydrogen-bond acceptors (Lipinski definition) is 3. The van der Waals surface area contributed by atoms with E-state index in [1.54, 1.807) is 17.0 Å². The lowest BCUT2D eigenvalue weighted by molar-refractivity contribution is -0.137. The maximum absolute atomic E-state index is 12.4. The Bertz CT molecular complexity index is 502. The van der Waals surface area contributed by atoms with Crippen molar-refractivity contribution in [2.45, 2.75) is 32.7 Å². The first-order valence-electron chi connectivity index (χ1n) is 6.34. The third-order valence-corrected chi connectivity index (χ3v) is 3.36. The van der Waals surface area contributed by atoms with Crippen LogP contribution in [0.2, 0.25) is 0 Å². The fourth-order valence-electron chi connectivity index (χ4n) is 1.83. The molecule has 0 unspecified atom stereocenters. The van der Waals surface area contributed by atoms with Gasteiger partial charge in [-0.2, -0.15) is 0 Å². The maximum atomic E-state index is 12.4. The molecular formula is C14H18BrNO4. The molecule has 20 heavy (non-hydrogen) atoms. The molecule has 0 bridgehead atoms. The number of hydrogen-bond donors (Lipinski definition) is 2. The molecule has 0 aliphatic heterocycles. The van der Waals surface area contributed by atoms with E-state index < -0.39 is 5.97 Å². The lowest BCUT2D eigenvalue weighted by atomic mass is 10.1. The first kappa shape index (κ1) is 16.5. The summed E-state index contributed by atoms with van der Waals surface area (Å²) in [5.41, 5.74) is 0.211. The van der Waals surface area contributed by atoms with Crippen molar-refractivity contribution in [1.82, 2.24) is 4.90 Å². The van der Waals surface area contributed by atoms with Gasteiger partial charge in [0.25, 0.3) is 5.91 Å². The summed E-state index contributed by atoms with van der Waals surface area (Å²) >= 11 is 3.26. The summed E-state index contributed by atoms with van der Waals surface area (Å²) in [5.74, 6) is -1.27. The van der Waals surface area contributed by atoms with Crippen LogP contribution < -0.4 is 0 Å². The molecule has 0 aromatic heterocycles. The summed E-state index contributed by atoms with van der Waals surface area (Å²) in [4.78, 5) is 24.5. The van der Waals surface area contributed by atoms with Crippen LogP contribution in [-0.2, 0) is 4.79 Å². The Morgan fingerprint density at radius 1 is 1.35 bits per heavy atom. The number of phenolic OH excluding ortho intramolecular Hbond substituents is 1. The summed E-state index contributed by atoms with van der Waals surface area (Å²) < 4.78 is 0.702. The van der Waals surface area contributed by atoms with Gasteiger partial charge in [0.2, 0.25) is 0 Å². The van der Waals surface area contributed by atoms with Crippen molar-refractivity contribution < 1.29 is 19.8 Å². The van der Waals surface area contributed by atoms with E-state index in [4.69, 9.17) is 5.11 Å². The van der Waals surface area contributed by atoms with Gasteiger partial charge in [-0.1, -0.05) is 15.9 Å². The molecule has 1 aromatic rings. The molecule has 2 N–H and O–H groups in total.